The predicted molar refractivity (Wildman–Crippen MR) is 104 cm³/mol. The van der Waals surface area contributed by atoms with Crippen LogP contribution in [0, 0.1) is 11.3 Å². The fourth-order valence-corrected chi connectivity index (χ4v) is 5.51. The molecule has 3 unspecified atom stereocenters. The van der Waals surface area contributed by atoms with Crippen LogP contribution in [0.4, 0.5) is 0 Å². The molecule has 4 aliphatic rings. The van der Waals surface area contributed by atoms with Crippen LogP contribution < -0.4 is 10.6 Å². The normalized spacial score (nSPS) is 32.8. The number of guanidine groups is 1. The highest BCUT2D eigenvalue weighted by molar-refractivity contribution is 5.85. The molecule has 0 radical (unpaired) electrons. The molecule has 4 rings (SSSR count). The molecule has 7 heteroatoms. The smallest absolute Gasteiger partial charge is 0.243 e. The van der Waals surface area contributed by atoms with E-state index in [2.05, 4.69) is 15.6 Å². The van der Waals surface area contributed by atoms with Gasteiger partial charge in [0, 0.05) is 57.3 Å². The van der Waals surface area contributed by atoms with E-state index in [9.17, 15) is 4.79 Å². The highest BCUT2D eigenvalue weighted by Crippen LogP contribution is 2.60. The number of carbonyl (C=O) groups is 1. The van der Waals surface area contributed by atoms with Crippen molar-refractivity contribution >= 4 is 11.9 Å². The zero-order chi connectivity index (χ0) is 18.9. The van der Waals surface area contributed by atoms with Crippen molar-refractivity contribution in [3.05, 3.63) is 0 Å². The van der Waals surface area contributed by atoms with E-state index in [0.717, 1.165) is 45.0 Å². The Morgan fingerprint density at radius 2 is 1.85 bits per heavy atom. The first-order valence-electron chi connectivity index (χ1n) is 10.6. The minimum absolute atomic E-state index is 0.0225. The maximum Gasteiger partial charge on any atom is 0.243 e. The van der Waals surface area contributed by atoms with Crippen molar-refractivity contribution in [2.75, 3.05) is 40.5 Å². The van der Waals surface area contributed by atoms with E-state index in [4.69, 9.17) is 9.47 Å². The molecule has 2 N–H and O–H groups in total. The van der Waals surface area contributed by atoms with Gasteiger partial charge in [-0.3, -0.25) is 4.79 Å². The summed E-state index contributed by atoms with van der Waals surface area (Å²) in [6.45, 7) is 2.63. The van der Waals surface area contributed by atoms with Crippen LogP contribution in [0.25, 0.3) is 0 Å². The summed E-state index contributed by atoms with van der Waals surface area (Å²) in [7, 11) is 3.55. The summed E-state index contributed by atoms with van der Waals surface area (Å²) in [5.41, 5.74) is 0.269. The van der Waals surface area contributed by atoms with E-state index < -0.39 is 0 Å². The summed E-state index contributed by atoms with van der Waals surface area (Å²) < 4.78 is 11.6. The lowest BCUT2D eigenvalue weighted by Crippen LogP contribution is -2.69. The lowest BCUT2D eigenvalue weighted by atomic mass is 9.54. The van der Waals surface area contributed by atoms with Gasteiger partial charge in [0.15, 0.2) is 5.96 Å². The van der Waals surface area contributed by atoms with Crippen LogP contribution in [-0.2, 0) is 14.3 Å². The van der Waals surface area contributed by atoms with Gasteiger partial charge >= 0.3 is 0 Å². The number of nitrogens with zero attached hydrogens (tertiary/aromatic N) is 2. The highest BCUT2D eigenvalue weighted by Gasteiger charge is 2.65. The van der Waals surface area contributed by atoms with Gasteiger partial charge in [-0.05, 0) is 32.1 Å². The van der Waals surface area contributed by atoms with E-state index in [0.29, 0.717) is 24.1 Å². The van der Waals surface area contributed by atoms with E-state index >= 15 is 0 Å². The molecule has 2 saturated carbocycles. The maximum atomic E-state index is 12.1. The molecule has 2 saturated heterocycles. The molecule has 0 aromatic heterocycles. The van der Waals surface area contributed by atoms with Crippen molar-refractivity contribution in [1.82, 2.24) is 15.5 Å². The number of fused-ring (bicyclic) bond motifs is 2. The van der Waals surface area contributed by atoms with Gasteiger partial charge < -0.3 is 25.0 Å². The van der Waals surface area contributed by atoms with E-state index in [1.807, 2.05) is 0 Å². The molecule has 152 valence electrons. The number of carbonyl (C=O) groups excluding carboxylic acids is 1. The third kappa shape index (κ3) is 3.68. The Morgan fingerprint density at radius 3 is 2.56 bits per heavy atom. The number of hydrogen-bond donors (Lipinski definition) is 2. The van der Waals surface area contributed by atoms with Gasteiger partial charge in [0.1, 0.15) is 6.54 Å². The average molecular weight is 379 g/mol. The van der Waals surface area contributed by atoms with Gasteiger partial charge in [-0.25, -0.2) is 4.99 Å². The predicted octanol–water partition coefficient (Wildman–Crippen LogP) is 1.14. The van der Waals surface area contributed by atoms with Crippen molar-refractivity contribution in [2.24, 2.45) is 16.3 Å². The average Bonchev–Trinajstić information content (AvgIpc) is 3.33. The van der Waals surface area contributed by atoms with Crippen LogP contribution in [0.15, 0.2) is 4.99 Å². The largest absolute Gasteiger partial charge is 0.381 e. The number of hydrogen-bond acceptors (Lipinski definition) is 4. The molecule has 1 spiro atoms. The molecule has 4 fully saturated rings. The second-order valence-electron chi connectivity index (χ2n) is 8.79. The van der Waals surface area contributed by atoms with Crippen LogP contribution >= 0.6 is 0 Å². The highest BCUT2D eigenvalue weighted by atomic mass is 16.5. The maximum absolute atomic E-state index is 12.1. The Morgan fingerprint density at radius 1 is 1.11 bits per heavy atom. The molecule has 2 aliphatic heterocycles. The summed E-state index contributed by atoms with van der Waals surface area (Å²) in [5, 5.41) is 7.33. The van der Waals surface area contributed by atoms with Crippen molar-refractivity contribution in [3.8, 4) is 0 Å². The van der Waals surface area contributed by atoms with Gasteiger partial charge in [0.05, 0.1) is 6.10 Å². The second-order valence-corrected chi connectivity index (χ2v) is 8.79. The third-order valence-electron chi connectivity index (χ3n) is 7.01. The SMILES string of the molecule is CN(C)C(=O)CN=C(NC1CCOCC1)NC1C2CCOC2C12CCCC2. The van der Waals surface area contributed by atoms with Crippen LogP contribution in [-0.4, -0.2) is 75.4 Å². The van der Waals surface area contributed by atoms with Crippen molar-refractivity contribution < 1.29 is 14.3 Å². The summed E-state index contributed by atoms with van der Waals surface area (Å²) >= 11 is 0. The van der Waals surface area contributed by atoms with Gasteiger partial charge in [-0.2, -0.15) is 0 Å². The summed E-state index contributed by atoms with van der Waals surface area (Å²) in [5.74, 6) is 1.39. The Bertz CT molecular complexity index is 568. The zero-order valence-electron chi connectivity index (χ0n) is 16.7. The first-order valence-corrected chi connectivity index (χ1v) is 10.6. The number of amides is 1. The Balaban J connectivity index is 1.47. The first kappa shape index (κ1) is 19.0. The van der Waals surface area contributed by atoms with Crippen molar-refractivity contribution in [2.45, 2.75) is 63.1 Å². The lowest BCUT2D eigenvalue weighted by molar-refractivity contribution is -0.127. The third-order valence-corrected chi connectivity index (χ3v) is 7.01. The molecule has 0 bridgehead atoms. The molecule has 2 heterocycles. The van der Waals surface area contributed by atoms with Crippen LogP contribution in [0.5, 0.6) is 0 Å². The minimum Gasteiger partial charge on any atom is -0.381 e. The van der Waals surface area contributed by atoms with Crippen LogP contribution in [0.1, 0.15) is 44.9 Å². The minimum atomic E-state index is 0.0225. The number of likely N-dealkylation sites (N-methyl/N-ethyl adjacent to an activating group) is 1. The number of nitrogens with one attached hydrogen (secondary N) is 2. The Kier molecular flexibility index (Phi) is 5.60. The number of ether oxygens (including phenoxy) is 2. The fraction of sp³-hybridized carbons (Fsp3) is 0.900. The molecule has 7 nitrogen and oxygen atoms in total. The first-order chi connectivity index (χ1) is 13.1. The molecular weight excluding hydrogens is 344 g/mol. The van der Waals surface area contributed by atoms with Crippen molar-refractivity contribution in [3.63, 3.8) is 0 Å². The molecule has 0 aromatic carbocycles. The van der Waals surface area contributed by atoms with Gasteiger partial charge in [0.2, 0.25) is 5.91 Å². The Hall–Kier alpha value is -1.34. The standard InChI is InChI=1S/C20H34N4O3/c1-24(2)16(25)13-21-19(22-14-5-10-26-11-6-14)23-17-15-7-12-27-18(15)20(17)8-3-4-9-20/h14-15,17-18H,3-13H2,1-2H3,(H2,21,22,23). The molecule has 1 amide bonds. The Labute approximate surface area is 162 Å². The summed E-state index contributed by atoms with van der Waals surface area (Å²) in [6, 6.07) is 0.766. The van der Waals surface area contributed by atoms with Crippen LogP contribution in [0.3, 0.4) is 0 Å². The van der Waals surface area contributed by atoms with Crippen molar-refractivity contribution in [1.29, 1.82) is 0 Å². The fourth-order valence-electron chi connectivity index (χ4n) is 5.51. The second kappa shape index (κ2) is 7.95. The lowest BCUT2D eigenvalue weighted by Gasteiger charge is -2.57. The van der Waals surface area contributed by atoms with E-state index in [1.165, 1.54) is 25.7 Å². The summed E-state index contributed by atoms with van der Waals surface area (Å²) in [6.07, 6.45) is 8.59. The number of aliphatic imine (C=N–C) groups is 1. The van der Waals surface area contributed by atoms with Crippen LogP contribution in [0.2, 0.25) is 0 Å². The summed E-state index contributed by atoms with van der Waals surface area (Å²) in [4.78, 5) is 18.3. The zero-order valence-corrected chi connectivity index (χ0v) is 16.7. The topological polar surface area (TPSA) is 75.2 Å². The number of rotatable bonds is 4. The molecular formula is C20H34N4O3. The van der Waals surface area contributed by atoms with Gasteiger partial charge in [-0.1, -0.05) is 12.8 Å². The monoisotopic (exact) mass is 378 g/mol. The molecule has 3 atom stereocenters. The van der Waals surface area contributed by atoms with Gasteiger partial charge in [0.25, 0.3) is 0 Å². The quantitative estimate of drug-likeness (QED) is 0.567. The molecule has 0 aromatic rings. The van der Waals surface area contributed by atoms with E-state index in [-0.39, 0.29) is 17.9 Å². The van der Waals surface area contributed by atoms with Gasteiger partial charge in [-0.15, -0.1) is 0 Å². The molecule has 27 heavy (non-hydrogen) atoms. The molecule has 2 aliphatic carbocycles. The van der Waals surface area contributed by atoms with E-state index in [1.54, 1.807) is 19.0 Å².